The third kappa shape index (κ3) is 3.71. The zero-order chi connectivity index (χ0) is 18.0. The van der Waals surface area contributed by atoms with Crippen molar-refractivity contribution in [3.05, 3.63) is 41.1 Å². The Labute approximate surface area is 155 Å². The fourth-order valence-corrected chi connectivity index (χ4v) is 3.92. The smallest absolute Gasteiger partial charge is 0.173 e. The maximum atomic E-state index is 12.7. The molecule has 1 atom stereocenters. The van der Waals surface area contributed by atoms with E-state index >= 15 is 0 Å². The Morgan fingerprint density at radius 3 is 2.88 bits per heavy atom. The van der Waals surface area contributed by atoms with Crippen LogP contribution in [-0.4, -0.2) is 28.4 Å². The summed E-state index contributed by atoms with van der Waals surface area (Å²) in [6, 6.07) is 7.80. The first-order chi connectivity index (χ1) is 12.0. The normalized spacial score (nSPS) is 20.6. The minimum atomic E-state index is -0.181. The van der Waals surface area contributed by atoms with Gasteiger partial charge < -0.3 is 15.0 Å². The summed E-state index contributed by atoms with van der Waals surface area (Å²) in [5.41, 5.74) is 3.02. The molecule has 0 saturated carbocycles. The van der Waals surface area contributed by atoms with Crippen molar-refractivity contribution < 1.29 is 9.53 Å². The number of allylic oxidation sites excluding steroid dienone is 1. The maximum absolute atomic E-state index is 12.7. The molecule has 1 aliphatic heterocycles. The van der Waals surface area contributed by atoms with Crippen molar-refractivity contribution in [2.75, 3.05) is 6.54 Å². The lowest BCUT2D eigenvalue weighted by atomic mass is 9.84. The van der Waals surface area contributed by atoms with Crippen molar-refractivity contribution in [3.8, 4) is 5.75 Å². The Hall–Kier alpha value is -1.88. The van der Waals surface area contributed by atoms with Crippen LogP contribution in [0.5, 0.6) is 5.75 Å². The molecule has 1 heterocycles. The first kappa shape index (κ1) is 17.9. The minimum Gasteiger partial charge on any atom is -0.491 e. The van der Waals surface area contributed by atoms with Crippen molar-refractivity contribution in [1.82, 2.24) is 10.2 Å². The largest absolute Gasteiger partial charge is 0.491 e. The SMILES string of the molecule is CCCN1C(=S)NC(c2cccc(OC(C)C)c2)C2=C1CCCC2=O. The molecule has 1 N–H and O–H groups in total. The van der Waals surface area contributed by atoms with E-state index in [0.717, 1.165) is 53.5 Å². The number of hydrogen-bond acceptors (Lipinski definition) is 3. The van der Waals surface area contributed by atoms with E-state index in [2.05, 4.69) is 17.1 Å². The van der Waals surface area contributed by atoms with Crippen LogP contribution in [-0.2, 0) is 4.79 Å². The van der Waals surface area contributed by atoms with Gasteiger partial charge in [0, 0.05) is 24.2 Å². The zero-order valence-electron chi connectivity index (χ0n) is 15.2. The number of ether oxygens (including phenoxy) is 1. The van der Waals surface area contributed by atoms with Crippen molar-refractivity contribution >= 4 is 23.1 Å². The molecule has 0 aromatic heterocycles. The maximum Gasteiger partial charge on any atom is 0.173 e. The molecule has 1 aromatic carbocycles. The summed E-state index contributed by atoms with van der Waals surface area (Å²) in [6.07, 6.45) is 3.55. The van der Waals surface area contributed by atoms with Gasteiger partial charge in [-0.3, -0.25) is 4.79 Å². The van der Waals surface area contributed by atoms with E-state index in [-0.39, 0.29) is 17.9 Å². The highest BCUT2D eigenvalue weighted by atomic mass is 32.1. The summed E-state index contributed by atoms with van der Waals surface area (Å²) in [5, 5.41) is 4.12. The van der Waals surface area contributed by atoms with Gasteiger partial charge in [0.2, 0.25) is 0 Å². The molecule has 0 radical (unpaired) electrons. The summed E-state index contributed by atoms with van der Waals surface area (Å²) in [6.45, 7) is 7.00. The third-order valence-electron chi connectivity index (χ3n) is 4.57. The summed E-state index contributed by atoms with van der Waals surface area (Å²) >= 11 is 5.62. The van der Waals surface area contributed by atoms with Gasteiger partial charge in [0.15, 0.2) is 10.9 Å². The predicted molar refractivity (Wildman–Crippen MR) is 104 cm³/mol. The summed E-state index contributed by atoms with van der Waals surface area (Å²) in [7, 11) is 0. The summed E-state index contributed by atoms with van der Waals surface area (Å²) in [5.74, 6) is 1.05. The summed E-state index contributed by atoms with van der Waals surface area (Å²) < 4.78 is 5.82. The van der Waals surface area contributed by atoms with Crippen LogP contribution in [0.1, 0.15) is 58.1 Å². The number of Topliss-reactive ketones (excluding diaryl/α,β-unsaturated/α-hetero) is 1. The van der Waals surface area contributed by atoms with Crippen LogP contribution in [0.4, 0.5) is 0 Å². The lowest BCUT2D eigenvalue weighted by Crippen LogP contribution is -2.49. The molecule has 1 aliphatic carbocycles. The number of nitrogens with zero attached hydrogens (tertiary/aromatic N) is 1. The van der Waals surface area contributed by atoms with E-state index in [0.29, 0.717) is 6.42 Å². The molecular weight excluding hydrogens is 332 g/mol. The van der Waals surface area contributed by atoms with Gasteiger partial charge in [0.05, 0.1) is 12.1 Å². The molecule has 134 valence electrons. The molecule has 0 saturated heterocycles. The molecule has 0 amide bonds. The molecule has 3 rings (SSSR count). The molecule has 0 fully saturated rings. The van der Waals surface area contributed by atoms with Crippen molar-refractivity contribution in [2.24, 2.45) is 0 Å². The van der Waals surface area contributed by atoms with Gasteiger partial charge in [-0.1, -0.05) is 19.1 Å². The highest BCUT2D eigenvalue weighted by Crippen LogP contribution is 2.38. The average molecular weight is 359 g/mol. The quantitative estimate of drug-likeness (QED) is 0.802. The Morgan fingerprint density at radius 2 is 2.16 bits per heavy atom. The van der Waals surface area contributed by atoms with Crippen LogP contribution in [0.2, 0.25) is 0 Å². The van der Waals surface area contributed by atoms with Gasteiger partial charge in [-0.15, -0.1) is 0 Å². The van der Waals surface area contributed by atoms with E-state index in [1.54, 1.807) is 0 Å². The predicted octanol–water partition coefficient (Wildman–Crippen LogP) is 4.12. The molecule has 2 aliphatic rings. The molecule has 0 bridgehead atoms. The Bertz CT molecular complexity index is 711. The highest BCUT2D eigenvalue weighted by Gasteiger charge is 2.36. The fraction of sp³-hybridized carbons (Fsp3) is 0.500. The number of thiocarbonyl (C=S) groups is 1. The molecular formula is C20H26N2O2S. The van der Waals surface area contributed by atoms with Crippen LogP contribution in [0.15, 0.2) is 35.5 Å². The van der Waals surface area contributed by atoms with Crippen molar-refractivity contribution in [2.45, 2.75) is 58.6 Å². The first-order valence-electron chi connectivity index (χ1n) is 9.12. The van der Waals surface area contributed by atoms with Gasteiger partial charge in [0.1, 0.15) is 5.75 Å². The molecule has 0 spiro atoms. The van der Waals surface area contributed by atoms with Gasteiger partial charge in [-0.25, -0.2) is 0 Å². The Kier molecular flexibility index (Phi) is 5.42. The first-order valence-corrected chi connectivity index (χ1v) is 9.53. The second kappa shape index (κ2) is 7.56. The fourth-order valence-electron chi connectivity index (χ4n) is 3.60. The average Bonchev–Trinajstić information content (AvgIpc) is 2.57. The van der Waals surface area contributed by atoms with Crippen molar-refractivity contribution in [3.63, 3.8) is 0 Å². The zero-order valence-corrected chi connectivity index (χ0v) is 16.0. The number of ketones is 1. The van der Waals surface area contributed by atoms with Gasteiger partial charge in [-0.2, -0.15) is 0 Å². The second-order valence-electron chi connectivity index (χ2n) is 6.91. The molecule has 1 aromatic rings. The van der Waals surface area contributed by atoms with Gasteiger partial charge in [-0.05, 0) is 63.0 Å². The Balaban J connectivity index is 2.02. The topological polar surface area (TPSA) is 41.6 Å². The van der Waals surface area contributed by atoms with E-state index in [1.165, 1.54) is 0 Å². The molecule has 5 heteroatoms. The number of carbonyl (C=O) groups is 1. The standard InChI is InChI=1S/C20H26N2O2S/c1-4-11-22-16-9-6-10-17(23)18(16)19(21-20(22)25)14-7-5-8-15(12-14)24-13(2)3/h5,7-8,12-13,19H,4,6,9-11H2,1-3H3,(H,21,25). The lowest BCUT2D eigenvalue weighted by Gasteiger charge is -2.41. The second-order valence-corrected chi connectivity index (χ2v) is 7.30. The number of nitrogens with one attached hydrogen (secondary N) is 1. The Morgan fingerprint density at radius 1 is 1.36 bits per heavy atom. The van der Waals surface area contributed by atoms with Crippen LogP contribution >= 0.6 is 12.2 Å². The molecule has 4 nitrogen and oxygen atoms in total. The molecule has 1 unspecified atom stereocenters. The highest BCUT2D eigenvalue weighted by molar-refractivity contribution is 7.80. The number of hydrogen-bond donors (Lipinski definition) is 1. The van der Waals surface area contributed by atoms with E-state index in [1.807, 2.05) is 38.1 Å². The van der Waals surface area contributed by atoms with Crippen LogP contribution < -0.4 is 10.1 Å². The van der Waals surface area contributed by atoms with E-state index < -0.39 is 0 Å². The third-order valence-corrected chi connectivity index (χ3v) is 4.90. The minimum absolute atomic E-state index is 0.113. The van der Waals surface area contributed by atoms with Crippen LogP contribution in [0.25, 0.3) is 0 Å². The van der Waals surface area contributed by atoms with Crippen LogP contribution in [0.3, 0.4) is 0 Å². The number of benzene rings is 1. The number of rotatable bonds is 5. The van der Waals surface area contributed by atoms with Crippen LogP contribution in [0, 0.1) is 0 Å². The lowest BCUT2D eigenvalue weighted by molar-refractivity contribution is -0.116. The van der Waals surface area contributed by atoms with Gasteiger partial charge >= 0.3 is 0 Å². The monoisotopic (exact) mass is 358 g/mol. The van der Waals surface area contributed by atoms with Crippen molar-refractivity contribution in [1.29, 1.82) is 0 Å². The summed E-state index contributed by atoms with van der Waals surface area (Å²) in [4.78, 5) is 14.9. The van der Waals surface area contributed by atoms with E-state index in [4.69, 9.17) is 17.0 Å². The van der Waals surface area contributed by atoms with Gasteiger partial charge in [0.25, 0.3) is 0 Å². The molecule has 25 heavy (non-hydrogen) atoms. The number of carbonyl (C=O) groups excluding carboxylic acids is 1. The van der Waals surface area contributed by atoms with E-state index in [9.17, 15) is 4.79 Å².